The Bertz CT molecular complexity index is 1260. The van der Waals surface area contributed by atoms with Crippen LogP contribution in [0.3, 0.4) is 0 Å². The number of aromatic nitrogens is 1. The maximum Gasteiger partial charge on any atom is 0.262 e. The fourth-order valence-electron chi connectivity index (χ4n) is 3.44. The summed E-state index contributed by atoms with van der Waals surface area (Å²) < 4.78 is 12.4. The lowest BCUT2D eigenvalue weighted by Crippen LogP contribution is -2.22. The molecular formula is C24H22N2O4. The van der Waals surface area contributed by atoms with E-state index in [-0.39, 0.29) is 18.1 Å². The average Bonchev–Trinajstić information content (AvgIpc) is 2.77. The van der Waals surface area contributed by atoms with E-state index >= 15 is 0 Å². The molecule has 1 aromatic heterocycles. The molecule has 0 unspecified atom stereocenters. The molecule has 0 radical (unpaired) electrons. The number of hydrogen-bond donors (Lipinski definition) is 1. The first kappa shape index (κ1) is 19.7. The summed E-state index contributed by atoms with van der Waals surface area (Å²) >= 11 is 0. The Hall–Kier alpha value is -3.64. The molecule has 0 saturated carbocycles. The lowest BCUT2D eigenvalue weighted by Gasteiger charge is -2.12. The van der Waals surface area contributed by atoms with Crippen molar-refractivity contribution in [2.24, 2.45) is 0 Å². The van der Waals surface area contributed by atoms with Crippen molar-refractivity contribution < 1.29 is 14.3 Å². The summed E-state index contributed by atoms with van der Waals surface area (Å²) in [6.45, 7) is 0.773. The van der Waals surface area contributed by atoms with Crippen molar-refractivity contribution in [2.45, 2.75) is 6.54 Å². The lowest BCUT2D eigenvalue weighted by molar-refractivity contribution is -0.118. The molecule has 4 aromatic rings. The third kappa shape index (κ3) is 4.04. The Morgan fingerprint density at radius 1 is 0.933 bits per heavy atom. The van der Waals surface area contributed by atoms with Crippen LogP contribution in [-0.2, 0) is 16.1 Å². The number of pyridine rings is 1. The second-order valence-electron chi connectivity index (χ2n) is 6.89. The van der Waals surface area contributed by atoms with Crippen LogP contribution in [0.1, 0.15) is 0 Å². The van der Waals surface area contributed by atoms with Gasteiger partial charge in [0.2, 0.25) is 0 Å². The SMILES string of the molecule is COCCn1ccc2c(OCC(=O)Nc3cccc4ccccc34)cccc2c1=O. The molecule has 152 valence electrons. The van der Waals surface area contributed by atoms with Gasteiger partial charge in [0.15, 0.2) is 6.61 Å². The van der Waals surface area contributed by atoms with E-state index in [4.69, 9.17) is 9.47 Å². The summed E-state index contributed by atoms with van der Waals surface area (Å²) in [5, 5.41) is 6.14. The number of amides is 1. The number of anilines is 1. The number of hydrogen-bond acceptors (Lipinski definition) is 4. The molecule has 0 saturated heterocycles. The maximum atomic E-state index is 12.7. The van der Waals surface area contributed by atoms with E-state index in [2.05, 4.69) is 5.32 Å². The minimum atomic E-state index is -0.267. The zero-order valence-electron chi connectivity index (χ0n) is 16.6. The first-order chi connectivity index (χ1) is 14.7. The number of fused-ring (bicyclic) bond motifs is 2. The van der Waals surface area contributed by atoms with Gasteiger partial charge in [-0.3, -0.25) is 9.59 Å². The smallest absolute Gasteiger partial charge is 0.262 e. The van der Waals surface area contributed by atoms with Gasteiger partial charge in [0.1, 0.15) is 5.75 Å². The summed E-state index contributed by atoms with van der Waals surface area (Å²) in [5.41, 5.74) is 0.621. The highest BCUT2D eigenvalue weighted by Gasteiger charge is 2.10. The zero-order valence-corrected chi connectivity index (χ0v) is 16.6. The Kier molecular flexibility index (Phi) is 5.77. The molecular weight excluding hydrogens is 380 g/mol. The van der Waals surface area contributed by atoms with E-state index < -0.39 is 0 Å². The van der Waals surface area contributed by atoms with Gasteiger partial charge in [-0.15, -0.1) is 0 Å². The molecule has 30 heavy (non-hydrogen) atoms. The summed E-state index contributed by atoms with van der Waals surface area (Å²) in [5.74, 6) is 0.230. The molecule has 0 aliphatic heterocycles. The Balaban J connectivity index is 1.51. The van der Waals surface area contributed by atoms with Crippen LogP contribution in [0.25, 0.3) is 21.5 Å². The fraction of sp³-hybridized carbons (Fsp3) is 0.167. The van der Waals surface area contributed by atoms with Crippen LogP contribution in [0.5, 0.6) is 5.75 Å². The van der Waals surface area contributed by atoms with Gasteiger partial charge in [0.25, 0.3) is 11.5 Å². The van der Waals surface area contributed by atoms with Crippen molar-refractivity contribution in [3.8, 4) is 5.75 Å². The molecule has 0 aliphatic rings. The maximum absolute atomic E-state index is 12.7. The van der Waals surface area contributed by atoms with E-state index in [1.165, 1.54) is 0 Å². The molecule has 0 fully saturated rings. The van der Waals surface area contributed by atoms with Crippen LogP contribution < -0.4 is 15.6 Å². The van der Waals surface area contributed by atoms with E-state index in [0.717, 1.165) is 16.5 Å². The molecule has 4 rings (SSSR count). The monoisotopic (exact) mass is 402 g/mol. The second kappa shape index (κ2) is 8.80. The second-order valence-corrected chi connectivity index (χ2v) is 6.89. The number of nitrogens with zero attached hydrogens (tertiary/aromatic N) is 1. The van der Waals surface area contributed by atoms with Gasteiger partial charge in [-0.1, -0.05) is 42.5 Å². The van der Waals surface area contributed by atoms with E-state index in [9.17, 15) is 9.59 Å². The van der Waals surface area contributed by atoms with Crippen molar-refractivity contribution in [3.05, 3.63) is 83.3 Å². The van der Waals surface area contributed by atoms with Crippen molar-refractivity contribution in [1.29, 1.82) is 0 Å². The standard InChI is InChI=1S/C24H22N2O4/c1-29-15-14-26-13-12-19-20(24(26)28)9-5-11-22(19)30-16-23(27)25-21-10-4-7-17-6-2-3-8-18(17)21/h2-13H,14-16H2,1H3,(H,25,27). The van der Waals surface area contributed by atoms with E-state index in [1.54, 1.807) is 36.1 Å². The topological polar surface area (TPSA) is 69.6 Å². The minimum absolute atomic E-state index is 0.116. The van der Waals surface area contributed by atoms with E-state index in [1.807, 2.05) is 48.5 Å². The summed E-state index contributed by atoms with van der Waals surface area (Å²) in [6.07, 6.45) is 1.72. The fourth-order valence-corrected chi connectivity index (χ4v) is 3.44. The van der Waals surface area contributed by atoms with Crippen LogP contribution in [0, 0.1) is 0 Å². The third-order valence-corrected chi connectivity index (χ3v) is 4.94. The average molecular weight is 402 g/mol. The highest BCUT2D eigenvalue weighted by Crippen LogP contribution is 2.24. The van der Waals surface area contributed by atoms with Gasteiger partial charge < -0.3 is 19.4 Å². The van der Waals surface area contributed by atoms with Crippen LogP contribution in [-0.4, -0.2) is 30.8 Å². The van der Waals surface area contributed by atoms with Gasteiger partial charge in [0.05, 0.1) is 12.0 Å². The molecule has 0 spiro atoms. The van der Waals surface area contributed by atoms with Gasteiger partial charge in [-0.25, -0.2) is 0 Å². The van der Waals surface area contributed by atoms with Crippen LogP contribution in [0.4, 0.5) is 5.69 Å². The largest absolute Gasteiger partial charge is 0.483 e. The molecule has 6 nitrogen and oxygen atoms in total. The quantitative estimate of drug-likeness (QED) is 0.510. The molecule has 0 atom stereocenters. The Morgan fingerprint density at radius 2 is 1.70 bits per heavy atom. The molecule has 3 aromatic carbocycles. The number of ether oxygens (including phenoxy) is 2. The first-order valence-corrected chi connectivity index (χ1v) is 9.69. The molecule has 0 bridgehead atoms. The number of methoxy groups -OCH3 is 1. The molecule has 0 aliphatic carbocycles. The van der Waals surface area contributed by atoms with Crippen LogP contribution in [0.15, 0.2) is 77.7 Å². The molecule has 1 amide bonds. The number of nitrogens with one attached hydrogen (secondary N) is 1. The number of rotatable bonds is 7. The number of carbonyl (C=O) groups excluding carboxylic acids is 1. The minimum Gasteiger partial charge on any atom is -0.483 e. The van der Waals surface area contributed by atoms with Crippen LogP contribution >= 0.6 is 0 Å². The zero-order chi connectivity index (χ0) is 20.9. The normalized spacial score (nSPS) is 11.0. The molecule has 1 heterocycles. The summed E-state index contributed by atoms with van der Waals surface area (Å²) in [6, 6.07) is 20.7. The van der Waals surface area contributed by atoms with Crippen molar-refractivity contribution in [3.63, 3.8) is 0 Å². The number of carbonyl (C=O) groups is 1. The van der Waals surface area contributed by atoms with Gasteiger partial charge in [-0.2, -0.15) is 0 Å². The van der Waals surface area contributed by atoms with Crippen molar-refractivity contribution in [2.75, 3.05) is 25.6 Å². The van der Waals surface area contributed by atoms with Crippen molar-refractivity contribution in [1.82, 2.24) is 4.57 Å². The molecule has 6 heteroatoms. The molecule has 1 N–H and O–H groups in total. The summed E-state index contributed by atoms with van der Waals surface area (Å²) in [4.78, 5) is 25.2. The Morgan fingerprint density at radius 3 is 2.57 bits per heavy atom. The highest BCUT2D eigenvalue weighted by atomic mass is 16.5. The third-order valence-electron chi connectivity index (χ3n) is 4.94. The van der Waals surface area contributed by atoms with Gasteiger partial charge in [-0.05, 0) is 29.7 Å². The van der Waals surface area contributed by atoms with Gasteiger partial charge >= 0.3 is 0 Å². The van der Waals surface area contributed by atoms with Crippen LogP contribution in [0.2, 0.25) is 0 Å². The first-order valence-electron chi connectivity index (χ1n) is 9.69. The van der Waals surface area contributed by atoms with Crippen molar-refractivity contribution >= 4 is 33.1 Å². The van der Waals surface area contributed by atoms with Gasteiger partial charge in [0, 0.05) is 36.3 Å². The lowest BCUT2D eigenvalue weighted by atomic mass is 10.1. The summed E-state index contributed by atoms with van der Waals surface area (Å²) in [7, 11) is 1.60. The highest BCUT2D eigenvalue weighted by molar-refractivity contribution is 6.02. The predicted molar refractivity (Wildman–Crippen MR) is 118 cm³/mol. The Labute approximate surface area is 173 Å². The number of benzene rings is 3. The van der Waals surface area contributed by atoms with E-state index in [0.29, 0.717) is 29.7 Å². The predicted octanol–water partition coefficient (Wildman–Crippen LogP) is 3.82.